The van der Waals surface area contributed by atoms with Crippen LogP contribution in [0.5, 0.6) is 0 Å². The summed E-state index contributed by atoms with van der Waals surface area (Å²) in [7, 11) is 0. The molecular weight excluding hydrogens is 238 g/mol. The van der Waals surface area contributed by atoms with Crippen molar-refractivity contribution in [3.05, 3.63) is 35.9 Å². The first-order chi connectivity index (χ1) is 8.95. The number of hydrazone groups is 1. The van der Waals surface area contributed by atoms with Gasteiger partial charge in [0, 0.05) is 5.71 Å². The Labute approximate surface area is 114 Å². The van der Waals surface area contributed by atoms with Crippen LogP contribution in [0.4, 0.5) is 0 Å². The van der Waals surface area contributed by atoms with Crippen molar-refractivity contribution in [3.8, 4) is 6.07 Å². The van der Waals surface area contributed by atoms with E-state index in [0.717, 1.165) is 12.1 Å². The molecule has 0 spiro atoms. The molecule has 19 heavy (non-hydrogen) atoms. The Hall–Kier alpha value is -2.15. The summed E-state index contributed by atoms with van der Waals surface area (Å²) in [5.41, 5.74) is 4.40. The lowest BCUT2D eigenvalue weighted by Gasteiger charge is -2.25. The van der Waals surface area contributed by atoms with Crippen LogP contribution in [0.2, 0.25) is 0 Å². The van der Waals surface area contributed by atoms with Crippen LogP contribution in [0, 0.1) is 11.3 Å². The van der Waals surface area contributed by atoms with Crippen molar-refractivity contribution < 1.29 is 4.79 Å². The lowest BCUT2D eigenvalue weighted by molar-refractivity contribution is -0.120. The van der Waals surface area contributed by atoms with E-state index >= 15 is 0 Å². The largest absolute Gasteiger partial charge is 0.272 e. The first kappa shape index (κ1) is 14.9. The Bertz CT molecular complexity index is 498. The van der Waals surface area contributed by atoms with E-state index in [1.807, 2.05) is 25.1 Å². The van der Waals surface area contributed by atoms with Gasteiger partial charge < -0.3 is 0 Å². The Morgan fingerprint density at radius 3 is 2.58 bits per heavy atom. The zero-order valence-corrected chi connectivity index (χ0v) is 11.6. The monoisotopic (exact) mass is 257 g/mol. The van der Waals surface area contributed by atoms with Crippen LogP contribution in [-0.4, -0.2) is 11.6 Å². The molecule has 0 saturated heterocycles. The van der Waals surface area contributed by atoms with Crippen molar-refractivity contribution in [2.45, 2.75) is 39.0 Å². The summed E-state index contributed by atoms with van der Waals surface area (Å²) in [6.45, 7) is 6.15. The number of benzene rings is 1. The molecule has 0 atom stereocenters. The average molecular weight is 257 g/mol. The van der Waals surface area contributed by atoms with Crippen LogP contribution >= 0.6 is 0 Å². The summed E-state index contributed by atoms with van der Waals surface area (Å²) >= 11 is 0. The molecule has 1 rings (SSSR count). The van der Waals surface area contributed by atoms with Gasteiger partial charge in [0.15, 0.2) is 0 Å². The van der Waals surface area contributed by atoms with E-state index in [4.69, 9.17) is 5.26 Å². The quantitative estimate of drug-likeness (QED) is 0.651. The third-order valence-electron chi connectivity index (χ3n) is 2.86. The number of amides is 1. The maximum atomic E-state index is 11.1. The molecule has 0 aliphatic carbocycles. The van der Waals surface area contributed by atoms with Crippen molar-refractivity contribution in [1.29, 1.82) is 5.26 Å². The van der Waals surface area contributed by atoms with E-state index in [-0.39, 0.29) is 17.7 Å². The fourth-order valence-corrected chi connectivity index (χ4v) is 1.94. The van der Waals surface area contributed by atoms with Gasteiger partial charge in [-0.1, -0.05) is 44.2 Å². The molecule has 4 nitrogen and oxygen atoms in total. The van der Waals surface area contributed by atoms with Crippen LogP contribution in [-0.2, 0) is 10.2 Å². The smallest absolute Gasteiger partial charge is 0.254 e. The maximum Gasteiger partial charge on any atom is 0.254 e. The molecule has 0 aliphatic rings. The van der Waals surface area contributed by atoms with Crippen LogP contribution in [0.1, 0.15) is 39.2 Å². The normalized spacial score (nSPS) is 11.8. The van der Waals surface area contributed by atoms with Gasteiger partial charge in [0.25, 0.3) is 5.91 Å². The highest BCUT2D eigenvalue weighted by atomic mass is 16.2. The van der Waals surface area contributed by atoms with E-state index in [0.29, 0.717) is 0 Å². The molecular formula is C15H19N3O. The van der Waals surface area contributed by atoms with Crippen LogP contribution in [0.15, 0.2) is 35.4 Å². The summed E-state index contributed by atoms with van der Waals surface area (Å²) in [5, 5.41) is 12.4. The van der Waals surface area contributed by atoms with Crippen molar-refractivity contribution in [1.82, 2.24) is 5.43 Å². The molecule has 100 valence electrons. The van der Waals surface area contributed by atoms with Gasteiger partial charge >= 0.3 is 0 Å². The topological polar surface area (TPSA) is 65.2 Å². The second kappa shape index (κ2) is 6.69. The zero-order valence-electron chi connectivity index (χ0n) is 11.6. The number of nitrogens with one attached hydrogen (secondary N) is 1. The number of nitrogens with zero attached hydrogens (tertiary/aromatic N) is 2. The van der Waals surface area contributed by atoms with Crippen LogP contribution in [0.3, 0.4) is 0 Å². The summed E-state index contributed by atoms with van der Waals surface area (Å²) < 4.78 is 0. The number of hydrogen-bond acceptors (Lipinski definition) is 3. The summed E-state index contributed by atoms with van der Waals surface area (Å²) in [4.78, 5) is 11.1. The lowest BCUT2D eigenvalue weighted by atomic mass is 9.80. The number of carbonyl (C=O) groups is 1. The third kappa shape index (κ3) is 4.92. The van der Waals surface area contributed by atoms with Gasteiger partial charge in [0.05, 0.1) is 6.07 Å². The fourth-order valence-electron chi connectivity index (χ4n) is 1.94. The minimum atomic E-state index is -0.376. The maximum absolute atomic E-state index is 11.1. The predicted molar refractivity (Wildman–Crippen MR) is 75.6 cm³/mol. The lowest BCUT2D eigenvalue weighted by Crippen LogP contribution is -2.23. The molecule has 0 aliphatic heterocycles. The standard InChI is InChI=1S/C15H19N3O/c1-12(17-18-14(19)9-10-16)11-15(2,3)13-7-5-4-6-8-13/h4-8H,9,11H2,1-3H3,(H,18,19). The van der Waals surface area contributed by atoms with Crippen molar-refractivity contribution in [2.24, 2.45) is 5.10 Å². The Morgan fingerprint density at radius 2 is 2.00 bits per heavy atom. The molecule has 0 bridgehead atoms. The molecule has 0 radical (unpaired) electrons. The molecule has 0 aromatic heterocycles. The van der Waals surface area contributed by atoms with Gasteiger partial charge in [-0.05, 0) is 24.3 Å². The molecule has 1 aromatic carbocycles. The number of carbonyl (C=O) groups excluding carboxylic acids is 1. The minimum Gasteiger partial charge on any atom is -0.272 e. The van der Waals surface area contributed by atoms with E-state index in [1.165, 1.54) is 5.56 Å². The van der Waals surface area contributed by atoms with E-state index < -0.39 is 0 Å². The summed E-state index contributed by atoms with van der Waals surface area (Å²) in [5.74, 6) is -0.376. The Balaban J connectivity index is 2.66. The number of hydrogen-bond donors (Lipinski definition) is 1. The fraction of sp³-hybridized carbons (Fsp3) is 0.400. The van der Waals surface area contributed by atoms with E-state index in [2.05, 4.69) is 36.5 Å². The molecule has 1 amide bonds. The average Bonchev–Trinajstić information content (AvgIpc) is 2.37. The second-order valence-corrected chi connectivity index (χ2v) is 5.14. The highest BCUT2D eigenvalue weighted by molar-refractivity contribution is 5.85. The minimum absolute atomic E-state index is 0.0468. The van der Waals surface area contributed by atoms with Gasteiger partial charge in [-0.2, -0.15) is 10.4 Å². The SMILES string of the molecule is CC(CC(C)(C)c1ccccc1)=NNC(=O)CC#N. The highest BCUT2D eigenvalue weighted by Gasteiger charge is 2.21. The second-order valence-electron chi connectivity index (χ2n) is 5.14. The molecule has 0 fully saturated rings. The van der Waals surface area contributed by atoms with Gasteiger partial charge in [0.2, 0.25) is 0 Å². The Morgan fingerprint density at radius 1 is 1.37 bits per heavy atom. The molecule has 1 aromatic rings. The molecule has 4 heteroatoms. The van der Waals surface area contributed by atoms with Gasteiger partial charge in [-0.15, -0.1) is 0 Å². The highest BCUT2D eigenvalue weighted by Crippen LogP contribution is 2.27. The van der Waals surface area contributed by atoms with Gasteiger partial charge in [-0.3, -0.25) is 4.79 Å². The van der Waals surface area contributed by atoms with Gasteiger partial charge in [-0.25, -0.2) is 5.43 Å². The van der Waals surface area contributed by atoms with Gasteiger partial charge in [0.1, 0.15) is 6.42 Å². The first-order valence-electron chi connectivity index (χ1n) is 6.20. The third-order valence-corrected chi connectivity index (χ3v) is 2.86. The van der Waals surface area contributed by atoms with E-state index in [9.17, 15) is 4.79 Å². The van der Waals surface area contributed by atoms with Crippen LogP contribution < -0.4 is 5.43 Å². The van der Waals surface area contributed by atoms with E-state index in [1.54, 1.807) is 6.07 Å². The van der Waals surface area contributed by atoms with Crippen molar-refractivity contribution in [2.75, 3.05) is 0 Å². The molecule has 0 heterocycles. The Kier molecular flexibility index (Phi) is 5.25. The number of rotatable bonds is 5. The van der Waals surface area contributed by atoms with Crippen molar-refractivity contribution >= 4 is 11.6 Å². The molecule has 1 N–H and O–H groups in total. The zero-order chi connectivity index (χ0) is 14.3. The summed E-state index contributed by atoms with van der Waals surface area (Å²) in [6.07, 6.45) is 0.572. The van der Waals surface area contributed by atoms with Crippen molar-refractivity contribution in [3.63, 3.8) is 0 Å². The van der Waals surface area contributed by atoms with Crippen LogP contribution in [0.25, 0.3) is 0 Å². The first-order valence-corrected chi connectivity index (χ1v) is 6.20. The number of nitriles is 1. The molecule has 0 saturated carbocycles. The molecule has 0 unspecified atom stereocenters. The summed E-state index contributed by atoms with van der Waals surface area (Å²) in [6, 6.07) is 12.0. The predicted octanol–water partition coefficient (Wildman–Crippen LogP) is 2.76.